The predicted molar refractivity (Wildman–Crippen MR) is 96.2 cm³/mol. The Kier molecular flexibility index (Phi) is 5.15. The van der Waals surface area contributed by atoms with Crippen molar-refractivity contribution in [2.75, 3.05) is 26.2 Å². The number of nitrogens with zero attached hydrogens (tertiary/aromatic N) is 2. The number of nitrogens with one attached hydrogen (secondary N) is 2. The molecule has 25 heavy (non-hydrogen) atoms. The number of hydrogen-bond donors (Lipinski definition) is 2. The van der Waals surface area contributed by atoms with Gasteiger partial charge < -0.3 is 20.4 Å². The minimum absolute atomic E-state index is 0.0509. The third kappa shape index (κ3) is 4.27. The van der Waals surface area contributed by atoms with Gasteiger partial charge in [0, 0.05) is 50.2 Å². The van der Waals surface area contributed by atoms with Crippen molar-refractivity contribution in [3.8, 4) is 0 Å². The lowest BCUT2D eigenvalue weighted by Crippen LogP contribution is -2.51. The van der Waals surface area contributed by atoms with Gasteiger partial charge in [0.15, 0.2) is 0 Å². The van der Waals surface area contributed by atoms with Crippen LogP contribution >= 0.6 is 0 Å². The molecule has 4 aliphatic rings. The van der Waals surface area contributed by atoms with Crippen LogP contribution in [-0.2, 0) is 4.79 Å². The van der Waals surface area contributed by atoms with Gasteiger partial charge in [-0.1, -0.05) is 12.8 Å². The second-order valence-corrected chi connectivity index (χ2v) is 8.41. The first-order valence-corrected chi connectivity index (χ1v) is 10.3. The average molecular weight is 348 g/mol. The molecular formula is C19H32N4O2. The molecule has 2 saturated heterocycles. The Morgan fingerprint density at radius 1 is 0.760 bits per heavy atom. The highest BCUT2D eigenvalue weighted by Gasteiger charge is 2.34. The summed E-state index contributed by atoms with van der Waals surface area (Å²) in [6.45, 7) is 3.70. The maximum Gasteiger partial charge on any atom is 0.315 e. The van der Waals surface area contributed by atoms with Crippen LogP contribution in [0.3, 0.4) is 0 Å². The summed E-state index contributed by atoms with van der Waals surface area (Å²) in [5.41, 5.74) is 0. The van der Waals surface area contributed by atoms with Crippen LogP contribution in [0.1, 0.15) is 57.8 Å². The van der Waals surface area contributed by atoms with Crippen LogP contribution in [0.25, 0.3) is 0 Å². The molecule has 0 aromatic carbocycles. The van der Waals surface area contributed by atoms with Crippen LogP contribution < -0.4 is 10.6 Å². The monoisotopic (exact) mass is 348 g/mol. The second-order valence-electron chi connectivity index (χ2n) is 8.41. The summed E-state index contributed by atoms with van der Waals surface area (Å²) < 4.78 is 0. The largest absolute Gasteiger partial charge is 0.340 e. The Morgan fingerprint density at radius 2 is 1.40 bits per heavy atom. The Hall–Kier alpha value is -1.30. The maximum atomic E-state index is 12.5. The molecule has 1 atom stereocenters. The Morgan fingerprint density at radius 3 is 2.08 bits per heavy atom. The van der Waals surface area contributed by atoms with E-state index >= 15 is 0 Å². The number of carbonyl (C=O) groups excluding carboxylic acids is 2. The number of piperidine rings is 1. The van der Waals surface area contributed by atoms with Crippen molar-refractivity contribution in [3.05, 3.63) is 0 Å². The number of rotatable bonds is 4. The van der Waals surface area contributed by atoms with Crippen molar-refractivity contribution >= 4 is 11.9 Å². The fourth-order valence-corrected chi connectivity index (χ4v) is 4.77. The SMILES string of the molecule is O=C(NC1CCN(C2CC2)CC1)N[C@@H]1CCN(C(=O)C2CCCC2)C1. The zero-order valence-corrected chi connectivity index (χ0v) is 15.2. The van der Waals surface area contributed by atoms with Gasteiger partial charge in [-0.15, -0.1) is 0 Å². The van der Waals surface area contributed by atoms with Gasteiger partial charge in [0.1, 0.15) is 0 Å². The topological polar surface area (TPSA) is 64.7 Å². The van der Waals surface area contributed by atoms with E-state index in [4.69, 9.17) is 0 Å². The lowest BCUT2D eigenvalue weighted by molar-refractivity contribution is -0.134. The second kappa shape index (κ2) is 7.52. The highest BCUT2D eigenvalue weighted by atomic mass is 16.2. The molecular weight excluding hydrogens is 316 g/mol. The first kappa shape index (κ1) is 17.1. The van der Waals surface area contributed by atoms with Crippen molar-refractivity contribution in [2.45, 2.75) is 75.9 Å². The van der Waals surface area contributed by atoms with Crippen LogP contribution in [0.4, 0.5) is 4.79 Å². The van der Waals surface area contributed by atoms with E-state index in [-0.39, 0.29) is 18.0 Å². The summed E-state index contributed by atoms with van der Waals surface area (Å²) in [5.74, 6) is 0.555. The molecule has 2 aliphatic carbocycles. The highest BCUT2D eigenvalue weighted by Crippen LogP contribution is 2.29. The quantitative estimate of drug-likeness (QED) is 0.813. The molecule has 140 valence electrons. The van der Waals surface area contributed by atoms with Crippen molar-refractivity contribution in [1.29, 1.82) is 0 Å². The first-order chi connectivity index (χ1) is 12.2. The third-order valence-electron chi connectivity index (χ3n) is 6.47. The summed E-state index contributed by atoms with van der Waals surface area (Å²) in [6, 6.07) is 1.19. The molecule has 6 nitrogen and oxygen atoms in total. The predicted octanol–water partition coefficient (Wildman–Crippen LogP) is 1.70. The molecule has 0 unspecified atom stereocenters. The van der Waals surface area contributed by atoms with Gasteiger partial charge >= 0.3 is 6.03 Å². The van der Waals surface area contributed by atoms with Crippen LogP contribution in [0.2, 0.25) is 0 Å². The molecule has 0 aromatic heterocycles. The van der Waals surface area contributed by atoms with Crippen molar-refractivity contribution < 1.29 is 9.59 Å². The number of carbonyl (C=O) groups is 2. The standard InChI is InChI=1S/C19H32N4O2/c24-18(14-3-1-2-4-14)23-12-9-16(13-23)21-19(25)20-15-7-10-22(11-8-15)17-5-6-17/h14-17H,1-13H2,(H2,20,21,25)/t16-/m1/s1. The molecule has 0 bridgehead atoms. The van der Waals surface area contributed by atoms with Crippen molar-refractivity contribution in [3.63, 3.8) is 0 Å². The fraction of sp³-hybridized carbons (Fsp3) is 0.895. The minimum atomic E-state index is -0.0509. The van der Waals surface area contributed by atoms with Crippen LogP contribution in [0.5, 0.6) is 0 Å². The molecule has 0 spiro atoms. The molecule has 2 heterocycles. The van der Waals surface area contributed by atoms with Crippen LogP contribution in [0, 0.1) is 5.92 Å². The van der Waals surface area contributed by atoms with Crippen LogP contribution in [-0.4, -0.2) is 66.0 Å². The van der Waals surface area contributed by atoms with E-state index in [2.05, 4.69) is 15.5 Å². The average Bonchev–Trinajstić information content (AvgIpc) is 3.12. The fourth-order valence-electron chi connectivity index (χ4n) is 4.77. The smallest absolute Gasteiger partial charge is 0.315 e. The molecule has 0 aromatic rings. The zero-order chi connectivity index (χ0) is 17.2. The van der Waals surface area contributed by atoms with Crippen molar-refractivity contribution in [2.24, 2.45) is 5.92 Å². The summed E-state index contributed by atoms with van der Waals surface area (Å²) in [7, 11) is 0. The van der Waals surface area contributed by atoms with Crippen molar-refractivity contribution in [1.82, 2.24) is 20.4 Å². The lowest BCUT2D eigenvalue weighted by atomic mass is 10.1. The molecule has 2 aliphatic heterocycles. The van der Waals surface area contributed by atoms with Gasteiger partial charge in [0.25, 0.3) is 0 Å². The molecule has 2 saturated carbocycles. The summed E-state index contributed by atoms with van der Waals surface area (Å²) in [5, 5.41) is 6.24. The summed E-state index contributed by atoms with van der Waals surface area (Å²) in [6.07, 6.45) is 10.2. The maximum absolute atomic E-state index is 12.5. The number of likely N-dealkylation sites (tertiary alicyclic amines) is 2. The van der Waals surface area contributed by atoms with Gasteiger partial charge in [-0.2, -0.15) is 0 Å². The van der Waals surface area contributed by atoms with Crippen LogP contribution in [0.15, 0.2) is 0 Å². The molecule has 4 rings (SSSR count). The van der Waals surface area contributed by atoms with E-state index < -0.39 is 0 Å². The molecule has 3 amide bonds. The van der Waals surface area contributed by atoms with Gasteiger partial charge in [-0.25, -0.2) is 4.79 Å². The van der Waals surface area contributed by atoms with E-state index in [9.17, 15) is 9.59 Å². The zero-order valence-electron chi connectivity index (χ0n) is 15.2. The molecule has 4 fully saturated rings. The van der Waals surface area contributed by atoms with E-state index in [1.54, 1.807) is 0 Å². The van der Waals surface area contributed by atoms with Gasteiger partial charge in [-0.05, 0) is 44.9 Å². The number of hydrogen-bond acceptors (Lipinski definition) is 3. The van der Waals surface area contributed by atoms with Gasteiger partial charge in [0.2, 0.25) is 5.91 Å². The van der Waals surface area contributed by atoms with E-state index in [1.807, 2.05) is 4.90 Å². The minimum Gasteiger partial charge on any atom is -0.340 e. The summed E-state index contributed by atoms with van der Waals surface area (Å²) in [4.78, 5) is 29.3. The highest BCUT2D eigenvalue weighted by molar-refractivity contribution is 5.80. The Labute approximate surface area is 150 Å². The molecule has 0 radical (unpaired) electrons. The molecule has 2 N–H and O–H groups in total. The van der Waals surface area contributed by atoms with Gasteiger partial charge in [0.05, 0.1) is 0 Å². The Balaban J connectivity index is 1.16. The van der Waals surface area contributed by atoms with E-state index in [0.29, 0.717) is 18.5 Å². The summed E-state index contributed by atoms with van der Waals surface area (Å²) >= 11 is 0. The third-order valence-corrected chi connectivity index (χ3v) is 6.47. The number of amides is 3. The Bertz CT molecular complexity index is 494. The van der Waals surface area contributed by atoms with Gasteiger partial charge in [-0.3, -0.25) is 4.79 Å². The molecule has 6 heteroatoms. The lowest BCUT2D eigenvalue weighted by Gasteiger charge is -2.32. The number of urea groups is 1. The van der Waals surface area contributed by atoms with E-state index in [0.717, 1.165) is 57.8 Å². The first-order valence-electron chi connectivity index (χ1n) is 10.3. The normalized spacial score (nSPS) is 29.1. The van der Waals surface area contributed by atoms with E-state index in [1.165, 1.54) is 25.7 Å².